The van der Waals surface area contributed by atoms with Gasteiger partial charge in [-0.05, 0) is 51.2 Å². The van der Waals surface area contributed by atoms with Crippen LogP contribution in [0.4, 0.5) is 0 Å². The fourth-order valence-corrected chi connectivity index (χ4v) is 5.30. The molecular weight excluding hydrogens is 671 g/mol. The fraction of sp³-hybridized carbons (Fsp3) is 0.114. The van der Waals surface area contributed by atoms with Crippen molar-refractivity contribution in [2.75, 3.05) is 0 Å². The third-order valence-corrected chi connectivity index (χ3v) is 7.14. The van der Waals surface area contributed by atoms with Crippen molar-refractivity contribution in [3.05, 3.63) is 115 Å². The van der Waals surface area contributed by atoms with Crippen LogP contribution in [0.15, 0.2) is 102 Å². The van der Waals surface area contributed by atoms with Gasteiger partial charge in [0.15, 0.2) is 0 Å². The molecule has 0 amide bonds. The maximum absolute atomic E-state index is 6.10. The average molecular weight is 696 g/mol. The molecule has 4 aromatic carbocycles. The van der Waals surface area contributed by atoms with Gasteiger partial charge in [-0.3, -0.25) is 9.97 Å². The Morgan fingerprint density at radius 1 is 0.675 bits per heavy atom. The molecule has 0 N–H and O–H groups in total. The van der Waals surface area contributed by atoms with E-state index in [0.29, 0.717) is 0 Å². The molecule has 5 heteroatoms. The predicted octanol–water partition coefficient (Wildman–Crippen LogP) is 8.82. The van der Waals surface area contributed by atoms with Crippen molar-refractivity contribution < 1.29 is 24.5 Å². The van der Waals surface area contributed by atoms with E-state index in [9.17, 15) is 0 Å². The van der Waals surface area contributed by atoms with Crippen molar-refractivity contribution in [1.82, 2.24) is 15.0 Å². The van der Waals surface area contributed by atoms with E-state index >= 15 is 0 Å². The van der Waals surface area contributed by atoms with E-state index in [1.54, 1.807) is 0 Å². The minimum Gasteiger partial charge on any atom is -0.476 e. The van der Waals surface area contributed by atoms with Crippen LogP contribution in [0.5, 0.6) is 0 Å². The van der Waals surface area contributed by atoms with Crippen molar-refractivity contribution in [3.8, 4) is 33.8 Å². The molecule has 197 valence electrons. The van der Waals surface area contributed by atoms with Crippen molar-refractivity contribution >= 4 is 32.7 Å². The Balaban J connectivity index is 0.000000151. The molecule has 0 spiro atoms. The van der Waals surface area contributed by atoms with E-state index in [-0.39, 0.29) is 25.5 Å². The smallest absolute Gasteiger partial charge is 0.124 e. The maximum atomic E-state index is 6.10. The summed E-state index contributed by atoms with van der Waals surface area (Å²) in [5.41, 5.74) is 8.23. The Kier molecular flexibility index (Phi) is 6.58. The van der Waals surface area contributed by atoms with E-state index < -0.39 is 0 Å². The molecule has 0 fully saturated rings. The largest absolute Gasteiger partial charge is 0.476 e. The van der Waals surface area contributed by atoms with Crippen LogP contribution in [0.2, 0.25) is 0 Å². The maximum Gasteiger partial charge on any atom is 0.124 e. The van der Waals surface area contributed by atoms with Crippen LogP contribution in [-0.2, 0) is 25.5 Å². The third kappa shape index (κ3) is 4.32. The van der Waals surface area contributed by atoms with Gasteiger partial charge in [0.2, 0.25) is 0 Å². The first-order valence-corrected chi connectivity index (χ1v) is 13.0. The molecule has 0 aliphatic heterocycles. The van der Waals surface area contributed by atoms with E-state index in [1.807, 2.05) is 60.9 Å². The standard InChI is InChI=1S/C21H10NO.C14H15N2.Ir/c1-4-12-9-10-17-20-18(12)13(5-1)14-7-3-11-22-21(14)15-6-2-8-16(23-17)19(15)20;1-14(2,3)12-9-10-15-13(16-12)11-7-5-4-6-8-11;/h1-5,7-11H;4-7,9-10H,1-3H3;/q2*-1;. The van der Waals surface area contributed by atoms with E-state index in [0.717, 1.165) is 50.5 Å². The molecule has 0 atom stereocenters. The van der Waals surface area contributed by atoms with Gasteiger partial charge in [-0.15, -0.1) is 53.6 Å². The summed E-state index contributed by atoms with van der Waals surface area (Å²) in [5.74, 6) is 0.744. The molecule has 0 bridgehead atoms. The Bertz CT molecular complexity index is 1980. The molecule has 3 heterocycles. The molecule has 1 aliphatic rings. The summed E-state index contributed by atoms with van der Waals surface area (Å²) in [6.07, 6.45) is 3.66. The zero-order valence-electron chi connectivity index (χ0n) is 22.3. The number of benzene rings is 4. The van der Waals surface area contributed by atoms with Crippen LogP contribution < -0.4 is 0 Å². The Morgan fingerprint density at radius 2 is 1.52 bits per heavy atom. The van der Waals surface area contributed by atoms with Gasteiger partial charge in [-0.2, -0.15) is 0 Å². The predicted molar refractivity (Wildman–Crippen MR) is 157 cm³/mol. The first kappa shape index (κ1) is 26.1. The summed E-state index contributed by atoms with van der Waals surface area (Å²) in [5, 5.41) is 4.77. The molecule has 3 aromatic heterocycles. The quantitative estimate of drug-likeness (QED) is 0.161. The fourth-order valence-electron chi connectivity index (χ4n) is 5.30. The topological polar surface area (TPSA) is 51.8 Å². The molecule has 0 unspecified atom stereocenters. The van der Waals surface area contributed by atoms with Crippen molar-refractivity contribution in [3.63, 3.8) is 0 Å². The van der Waals surface area contributed by atoms with Crippen molar-refractivity contribution in [2.24, 2.45) is 0 Å². The summed E-state index contributed by atoms with van der Waals surface area (Å²) >= 11 is 0. The Morgan fingerprint density at radius 3 is 2.35 bits per heavy atom. The van der Waals surface area contributed by atoms with Crippen LogP contribution >= 0.6 is 0 Å². The zero-order valence-corrected chi connectivity index (χ0v) is 24.7. The summed E-state index contributed by atoms with van der Waals surface area (Å²) in [4.78, 5) is 13.5. The normalized spacial score (nSPS) is 11.7. The molecule has 1 aliphatic carbocycles. The molecule has 4 nitrogen and oxygen atoms in total. The number of aromatic nitrogens is 3. The monoisotopic (exact) mass is 696 g/mol. The van der Waals surface area contributed by atoms with Crippen LogP contribution in [-0.4, -0.2) is 15.0 Å². The first-order valence-electron chi connectivity index (χ1n) is 13.0. The van der Waals surface area contributed by atoms with Crippen molar-refractivity contribution in [1.29, 1.82) is 0 Å². The van der Waals surface area contributed by atoms with Crippen LogP contribution in [0.3, 0.4) is 0 Å². The summed E-state index contributed by atoms with van der Waals surface area (Å²) in [6, 6.07) is 35.0. The summed E-state index contributed by atoms with van der Waals surface area (Å²) < 4.78 is 6.10. The number of pyridine rings is 1. The van der Waals surface area contributed by atoms with Gasteiger partial charge in [0.1, 0.15) is 5.58 Å². The van der Waals surface area contributed by atoms with E-state index in [2.05, 4.69) is 84.3 Å². The summed E-state index contributed by atoms with van der Waals surface area (Å²) in [7, 11) is 0. The number of nitrogens with zero attached hydrogens (tertiary/aromatic N) is 3. The second-order valence-electron chi connectivity index (χ2n) is 10.7. The Hall–Kier alpha value is -4.18. The van der Waals surface area contributed by atoms with Gasteiger partial charge in [0.25, 0.3) is 0 Å². The molecule has 0 saturated carbocycles. The van der Waals surface area contributed by atoms with E-state index in [4.69, 9.17) is 4.42 Å². The number of furan rings is 1. The minimum absolute atomic E-state index is 0. The number of rotatable bonds is 1. The molecular formula is C35H25IrN3O-2. The Labute approximate surface area is 246 Å². The minimum atomic E-state index is 0. The molecule has 0 saturated heterocycles. The second kappa shape index (κ2) is 10.1. The van der Waals surface area contributed by atoms with Gasteiger partial charge >= 0.3 is 0 Å². The van der Waals surface area contributed by atoms with Crippen LogP contribution in [0, 0.1) is 12.1 Å². The van der Waals surface area contributed by atoms with Gasteiger partial charge in [-0.1, -0.05) is 62.6 Å². The number of hydrogen-bond donors (Lipinski definition) is 0. The van der Waals surface area contributed by atoms with Crippen LogP contribution in [0.25, 0.3) is 66.5 Å². The summed E-state index contributed by atoms with van der Waals surface area (Å²) in [6.45, 7) is 6.44. The molecule has 8 rings (SSSR count). The molecule has 7 aromatic rings. The van der Waals surface area contributed by atoms with Crippen LogP contribution in [0.1, 0.15) is 26.5 Å². The molecule has 1 radical (unpaired) electrons. The first-order chi connectivity index (χ1) is 19.0. The number of fused-ring (bicyclic) bond motifs is 3. The van der Waals surface area contributed by atoms with Gasteiger partial charge < -0.3 is 9.40 Å². The zero-order chi connectivity index (χ0) is 26.6. The van der Waals surface area contributed by atoms with Crippen molar-refractivity contribution in [2.45, 2.75) is 26.2 Å². The number of hydrogen-bond acceptors (Lipinski definition) is 4. The SMILES string of the molecule is CC(C)(C)c1ccnc(-c2[c-]cccc2)n1.[Ir].[c-]1ccc2oc3ccc4cccc5c4c3c2c1-c1ncccc1-5. The van der Waals surface area contributed by atoms with Gasteiger partial charge in [0.05, 0.1) is 11.4 Å². The van der Waals surface area contributed by atoms with Gasteiger partial charge in [-0.25, -0.2) is 0 Å². The average Bonchev–Trinajstić information content (AvgIpc) is 3.30. The third-order valence-electron chi connectivity index (χ3n) is 7.14. The van der Waals surface area contributed by atoms with E-state index in [1.165, 1.54) is 21.7 Å². The second-order valence-corrected chi connectivity index (χ2v) is 10.7. The molecule has 40 heavy (non-hydrogen) atoms. The van der Waals surface area contributed by atoms with Gasteiger partial charge in [0, 0.05) is 43.6 Å².